The van der Waals surface area contributed by atoms with Crippen LogP contribution < -0.4 is 4.74 Å². The summed E-state index contributed by atoms with van der Waals surface area (Å²) in [5, 5.41) is 2.00. The van der Waals surface area contributed by atoms with Crippen molar-refractivity contribution in [3.8, 4) is 5.75 Å². The number of ether oxygens (including phenoxy) is 1. The van der Waals surface area contributed by atoms with Crippen LogP contribution in [0, 0.1) is 11.8 Å². The molecule has 1 heterocycles. The van der Waals surface area contributed by atoms with Gasteiger partial charge in [0.05, 0.1) is 11.8 Å². The van der Waals surface area contributed by atoms with Gasteiger partial charge in [-0.25, -0.2) is 4.79 Å². The summed E-state index contributed by atoms with van der Waals surface area (Å²) >= 11 is 0. The molecule has 0 saturated carbocycles. The molecule has 25 heavy (non-hydrogen) atoms. The van der Waals surface area contributed by atoms with E-state index in [0.29, 0.717) is 18.6 Å². The van der Waals surface area contributed by atoms with Gasteiger partial charge in [-0.1, -0.05) is 42.5 Å². The Kier molecular flexibility index (Phi) is 3.84. The van der Waals surface area contributed by atoms with E-state index in [1.54, 1.807) is 12.1 Å². The van der Waals surface area contributed by atoms with E-state index in [0.717, 1.165) is 15.7 Å². The zero-order valence-corrected chi connectivity index (χ0v) is 13.6. The number of imide groups is 1. The molecule has 1 aliphatic heterocycles. The summed E-state index contributed by atoms with van der Waals surface area (Å²) in [5.74, 6) is -1.40. The molecule has 2 aromatic carbocycles. The lowest BCUT2D eigenvalue weighted by molar-refractivity contribution is -0.148. The molecule has 5 nitrogen and oxygen atoms in total. The number of likely N-dealkylation sites (tertiary alicyclic amines) is 1. The van der Waals surface area contributed by atoms with Gasteiger partial charge in [0.1, 0.15) is 12.3 Å². The maximum absolute atomic E-state index is 12.4. The number of hydrogen-bond acceptors (Lipinski definition) is 4. The maximum atomic E-state index is 12.4. The Bertz CT molecular complexity index is 875. The van der Waals surface area contributed by atoms with Crippen molar-refractivity contribution < 1.29 is 19.1 Å². The van der Waals surface area contributed by atoms with E-state index < -0.39 is 5.97 Å². The minimum absolute atomic E-state index is 0.269. The molecule has 1 fully saturated rings. The Balaban J connectivity index is 1.46. The Morgan fingerprint density at radius 1 is 0.960 bits per heavy atom. The second-order valence-electron chi connectivity index (χ2n) is 6.40. The predicted octanol–water partition coefficient (Wildman–Crippen LogP) is 2.70. The number of esters is 1. The summed E-state index contributed by atoms with van der Waals surface area (Å²) in [6, 6.07) is 13.1. The van der Waals surface area contributed by atoms with Gasteiger partial charge in [0.2, 0.25) is 11.8 Å². The highest BCUT2D eigenvalue weighted by Gasteiger charge is 2.47. The minimum atomic E-state index is -0.608. The van der Waals surface area contributed by atoms with Crippen LogP contribution in [-0.2, 0) is 14.4 Å². The number of carbonyl (C=O) groups excluding carboxylic acids is 3. The molecular formula is C20H17NO4. The SMILES string of the molecule is O=C(CN1C(=O)[C@H]2CC=CC[C@@H]2C1=O)Oc1ccc2ccccc2c1. The summed E-state index contributed by atoms with van der Waals surface area (Å²) in [7, 11) is 0. The van der Waals surface area contributed by atoms with Gasteiger partial charge in [-0.3, -0.25) is 14.5 Å². The first-order chi connectivity index (χ1) is 12.1. The average molecular weight is 335 g/mol. The first kappa shape index (κ1) is 15.6. The Morgan fingerprint density at radius 2 is 1.60 bits per heavy atom. The van der Waals surface area contributed by atoms with Crippen LogP contribution in [-0.4, -0.2) is 29.2 Å². The molecule has 0 N–H and O–H groups in total. The van der Waals surface area contributed by atoms with Crippen LogP contribution in [0.1, 0.15) is 12.8 Å². The van der Waals surface area contributed by atoms with Gasteiger partial charge >= 0.3 is 5.97 Å². The minimum Gasteiger partial charge on any atom is -0.425 e. The van der Waals surface area contributed by atoms with E-state index >= 15 is 0 Å². The molecule has 2 aliphatic rings. The molecule has 0 aromatic heterocycles. The zero-order chi connectivity index (χ0) is 17.4. The van der Waals surface area contributed by atoms with Crippen molar-refractivity contribution in [1.82, 2.24) is 4.90 Å². The van der Waals surface area contributed by atoms with Crippen LogP contribution in [0.5, 0.6) is 5.75 Å². The van der Waals surface area contributed by atoms with Crippen molar-refractivity contribution in [2.24, 2.45) is 11.8 Å². The van der Waals surface area contributed by atoms with E-state index in [9.17, 15) is 14.4 Å². The first-order valence-corrected chi connectivity index (χ1v) is 8.33. The third kappa shape index (κ3) is 2.82. The van der Waals surface area contributed by atoms with E-state index in [1.165, 1.54) is 0 Å². The van der Waals surface area contributed by atoms with Gasteiger partial charge in [-0.2, -0.15) is 0 Å². The summed E-state index contributed by atoms with van der Waals surface area (Å²) in [5.41, 5.74) is 0. The number of allylic oxidation sites excluding steroid dienone is 2. The van der Waals surface area contributed by atoms with Crippen LogP contribution in [0.3, 0.4) is 0 Å². The fourth-order valence-electron chi connectivity index (χ4n) is 3.55. The topological polar surface area (TPSA) is 63.7 Å². The van der Waals surface area contributed by atoms with E-state index in [4.69, 9.17) is 4.74 Å². The van der Waals surface area contributed by atoms with Crippen LogP contribution in [0.25, 0.3) is 10.8 Å². The van der Waals surface area contributed by atoms with Crippen molar-refractivity contribution in [3.63, 3.8) is 0 Å². The number of hydrogen-bond donors (Lipinski definition) is 0. The quantitative estimate of drug-likeness (QED) is 0.374. The number of rotatable bonds is 3. The number of carbonyl (C=O) groups is 3. The van der Waals surface area contributed by atoms with Crippen LogP contribution in [0.2, 0.25) is 0 Å². The summed E-state index contributed by atoms with van der Waals surface area (Å²) in [4.78, 5) is 38.0. The van der Waals surface area contributed by atoms with Crippen LogP contribution >= 0.6 is 0 Å². The summed E-state index contributed by atoms with van der Waals surface area (Å²) in [6.07, 6.45) is 4.96. The van der Waals surface area contributed by atoms with Gasteiger partial charge in [0.25, 0.3) is 0 Å². The van der Waals surface area contributed by atoms with Crippen LogP contribution in [0.4, 0.5) is 0 Å². The number of nitrogens with zero attached hydrogens (tertiary/aromatic N) is 1. The Hall–Kier alpha value is -2.95. The number of fused-ring (bicyclic) bond motifs is 2. The smallest absolute Gasteiger partial charge is 0.331 e. The third-order valence-corrected chi connectivity index (χ3v) is 4.84. The lowest BCUT2D eigenvalue weighted by atomic mass is 9.85. The van der Waals surface area contributed by atoms with Gasteiger partial charge < -0.3 is 4.74 Å². The highest BCUT2D eigenvalue weighted by molar-refractivity contribution is 6.07. The monoisotopic (exact) mass is 335 g/mol. The van der Waals surface area contributed by atoms with E-state index in [-0.39, 0.29) is 30.2 Å². The maximum Gasteiger partial charge on any atom is 0.331 e. The first-order valence-electron chi connectivity index (χ1n) is 8.33. The summed E-state index contributed by atoms with van der Waals surface area (Å²) < 4.78 is 5.33. The van der Waals surface area contributed by atoms with Crippen molar-refractivity contribution in [1.29, 1.82) is 0 Å². The van der Waals surface area contributed by atoms with Crippen molar-refractivity contribution in [3.05, 3.63) is 54.6 Å². The average Bonchev–Trinajstić information content (AvgIpc) is 2.87. The highest BCUT2D eigenvalue weighted by atomic mass is 16.5. The fourth-order valence-corrected chi connectivity index (χ4v) is 3.55. The number of amides is 2. The van der Waals surface area contributed by atoms with Crippen molar-refractivity contribution >= 4 is 28.6 Å². The van der Waals surface area contributed by atoms with Gasteiger partial charge in [-0.15, -0.1) is 0 Å². The number of benzene rings is 2. The molecule has 0 spiro atoms. The molecule has 1 saturated heterocycles. The normalized spacial score (nSPS) is 22.3. The van der Waals surface area contributed by atoms with Crippen molar-refractivity contribution in [2.75, 3.05) is 6.54 Å². The molecule has 5 heteroatoms. The standard InChI is InChI=1S/C20H17NO4/c22-18(25-15-10-9-13-5-1-2-6-14(13)11-15)12-21-19(23)16-7-3-4-8-17(16)20(21)24/h1-6,9-11,16-17H,7-8,12H2/t16-,17-/m0/s1. The van der Waals surface area contributed by atoms with Crippen molar-refractivity contribution in [2.45, 2.75) is 12.8 Å². The van der Waals surface area contributed by atoms with Gasteiger partial charge in [-0.05, 0) is 35.7 Å². The molecule has 2 aromatic rings. The lowest BCUT2D eigenvalue weighted by Crippen LogP contribution is -2.37. The van der Waals surface area contributed by atoms with Gasteiger partial charge in [0, 0.05) is 0 Å². The molecule has 2 amide bonds. The molecular weight excluding hydrogens is 318 g/mol. The molecule has 0 unspecified atom stereocenters. The van der Waals surface area contributed by atoms with Gasteiger partial charge in [0.15, 0.2) is 0 Å². The zero-order valence-electron chi connectivity index (χ0n) is 13.6. The predicted molar refractivity (Wildman–Crippen MR) is 91.7 cm³/mol. The van der Waals surface area contributed by atoms with E-state index in [1.807, 2.05) is 42.5 Å². The summed E-state index contributed by atoms with van der Waals surface area (Å²) in [6.45, 7) is -0.336. The molecule has 1 aliphatic carbocycles. The Morgan fingerprint density at radius 3 is 2.28 bits per heavy atom. The molecule has 4 rings (SSSR count). The highest BCUT2D eigenvalue weighted by Crippen LogP contribution is 2.34. The third-order valence-electron chi connectivity index (χ3n) is 4.84. The lowest BCUT2D eigenvalue weighted by Gasteiger charge is -2.14. The second-order valence-corrected chi connectivity index (χ2v) is 6.40. The molecule has 0 radical (unpaired) electrons. The largest absolute Gasteiger partial charge is 0.425 e. The second kappa shape index (κ2) is 6.16. The molecule has 0 bridgehead atoms. The van der Waals surface area contributed by atoms with Crippen LogP contribution in [0.15, 0.2) is 54.6 Å². The molecule has 126 valence electrons. The van der Waals surface area contributed by atoms with E-state index in [2.05, 4.69) is 0 Å². The Labute approximate surface area is 144 Å². The molecule has 2 atom stereocenters. The fraction of sp³-hybridized carbons (Fsp3) is 0.250.